The fraction of sp³-hybridized carbons (Fsp3) is 0.520. The van der Waals surface area contributed by atoms with E-state index >= 15 is 0 Å². The highest BCUT2D eigenvalue weighted by Gasteiger charge is 2.58. The fourth-order valence-electron chi connectivity index (χ4n) is 4.97. The third-order valence-electron chi connectivity index (χ3n) is 6.25. The Morgan fingerprint density at radius 2 is 1.47 bits per heavy atom. The first-order chi connectivity index (χ1) is 15.8. The lowest BCUT2D eigenvalue weighted by Gasteiger charge is -2.43. The number of hydrogen-bond donors (Lipinski definition) is 0. The molecule has 0 unspecified atom stereocenters. The van der Waals surface area contributed by atoms with Gasteiger partial charge in [-0.25, -0.2) is 0 Å². The molecular formula is C25H34O7SSi. The minimum Gasteiger partial charge on any atom is -0.405 e. The molecule has 34 heavy (non-hydrogen) atoms. The van der Waals surface area contributed by atoms with Crippen LogP contribution >= 0.6 is 0 Å². The van der Waals surface area contributed by atoms with E-state index in [0.717, 1.165) is 16.6 Å². The summed E-state index contributed by atoms with van der Waals surface area (Å²) >= 11 is 0. The van der Waals surface area contributed by atoms with Gasteiger partial charge in [-0.3, -0.25) is 4.18 Å². The molecule has 186 valence electrons. The van der Waals surface area contributed by atoms with Crippen molar-refractivity contribution >= 4 is 28.8 Å². The van der Waals surface area contributed by atoms with Crippen molar-refractivity contribution in [3.8, 4) is 0 Å². The second kappa shape index (κ2) is 9.13. The fourth-order valence-corrected chi connectivity index (χ4v) is 10.2. The lowest BCUT2D eigenvalue weighted by atomic mass is 10.1. The van der Waals surface area contributed by atoms with Crippen molar-refractivity contribution in [1.29, 1.82) is 0 Å². The van der Waals surface area contributed by atoms with Gasteiger partial charge in [-0.05, 0) is 29.3 Å². The number of ether oxygens (including phenoxy) is 3. The highest BCUT2D eigenvalue weighted by Crippen LogP contribution is 2.41. The molecule has 2 aliphatic rings. The number of hydrogen-bond acceptors (Lipinski definition) is 7. The van der Waals surface area contributed by atoms with Crippen LogP contribution in [0.4, 0.5) is 0 Å². The van der Waals surface area contributed by atoms with E-state index in [0.29, 0.717) is 0 Å². The van der Waals surface area contributed by atoms with E-state index in [2.05, 4.69) is 45.0 Å². The first kappa shape index (κ1) is 25.5. The van der Waals surface area contributed by atoms with Crippen LogP contribution in [0.25, 0.3) is 0 Å². The Balaban J connectivity index is 1.70. The largest absolute Gasteiger partial charge is 0.405 e. The first-order valence-electron chi connectivity index (χ1n) is 11.5. The van der Waals surface area contributed by atoms with Crippen molar-refractivity contribution < 1.29 is 31.2 Å². The van der Waals surface area contributed by atoms with Crippen LogP contribution in [0.3, 0.4) is 0 Å². The van der Waals surface area contributed by atoms with Crippen LogP contribution in [-0.4, -0.2) is 60.0 Å². The zero-order valence-corrected chi connectivity index (χ0v) is 22.4. The van der Waals surface area contributed by atoms with Crippen LogP contribution in [0.15, 0.2) is 60.7 Å². The molecule has 0 aromatic heterocycles. The highest BCUT2D eigenvalue weighted by atomic mass is 32.2. The summed E-state index contributed by atoms with van der Waals surface area (Å²) in [5.41, 5.74) is 0. The zero-order chi connectivity index (χ0) is 24.8. The molecule has 0 radical (unpaired) electrons. The van der Waals surface area contributed by atoms with Gasteiger partial charge in [0.1, 0.15) is 18.3 Å². The molecular weight excluding hydrogens is 472 g/mol. The number of fused-ring (bicyclic) bond motifs is 1. The minimum atomic E-state index is -3.76. The maximum atomic E-state index is 12.1. The van der Waals surface area contributed by atoms with Crippen LogP contribution in [-0.2, 0) is 32.9 Å². The summed E-state index contributed by atoms with van der Waals surface area (Å²) < 4.78 is 54.5. The molecule has 0 amide bonds. The van der Waals surface area contributed by atoms with Gasteiger partial charge in [0.05, 0.1) is 12.9 Å². The Morgan fingerprint density at radius 3 is 1.94 bits per heavy atom. The van der Waals surface area contributed by atoms with Gasteiger partial charge in [0.2, 0.25) is 0 Å². The molecule has 2 heterocycles. The first-order valence-corrected chi connectivity index (χ1v) is 15.2. The van der Waals surface area contributed by atoms with Crippen LogP contribution < -0.4 is 10.4 Å². The molecule has 0 aliphatic carbocycles. The predicted octanol–water partition coefficient (Wildman–Crippen LogP) is 2.78. The van der Waals surface area contributed by atoms with Crippen LogP contribution in [0, 0.1) is 0 Å². The Bertz CT molecular complexity index is 1040. The summed E-state index contributed by atoms with van der Waals surface area (Å²) in [6.07, 6.45) is -1.92. The second-order valence-corrected chi connectivity index (χ2v) is 16.3. The van der Waals surface area contributed by atoms with Crippen LogP contribution in [0.5, 0.6) is 0 Å². The topological polar surface area (TPSA) is 80.3 Å². The molecule has 0 saturated carbocycles. The van der Waals surface area contributed by atoms with Gasteiger partial charge in [-0.1, -0.05) is 81.4 Å². The standard InChI is InChI=1S/C25H34O7SSi/c1-24(2,3)34(18-13-9-7-10-14-18,19-15-11-8-12-16-19)28-17-20-21(32-33(6,26)27)22-23(29-20)31-25(4,5)30-22/h7-16,20-23H,17H2,1-6H3/t20-,21+,22-,23-/m1/s1. The maximum Gasteiger partial charge on any atom is 0.264 e. The van der Waals surface area contributed by atoms with E-state index in [1.54, 1.807) is 13.8 Å². The van der Waals surface area contributed by atoms with E-state index in [9.17, 15) is 8.42 Å². The average molecular weight is 507 g/mol. The van der Waals surface area contributed by atoms with Gasteiger partial charge in [0.15, 0.2) is 12.1 Å². The molecule has 2 aromatic carbocycles. The molecule has 2 fully saturated rings. The minimum absolute atomic E-state index is 0.133. The van der Waals surface area contributed by atoms with Crippen molar-refractivity contribution in [3.63, 3.8) is 0 Å². The normalized spacial score (nSPS) is 27.0. The zero-order valence-electron chi connectivity index (χ0n) is 20.6. The molecule has 7 nitrogen and oxygen atoms in total. The number of rotatable bonds is 7. The molecule has 0 spiro atoms. The smallest absolute Gasteiger partial charge is 0.264 e. The Kier molecular flexibility index (Phi) is 6.84. The highest BCUT2D eigenvalue weighted by molar-refractivity contribution is 7.86. The molecule has 9 heteroatoms. The molecule has 4 rings (SSSR count). The van der Waals surface area contributed by atoms with Crippen molar-refractivity contribution in [2.24, 2.45) is 0 Å². The third kappa shape index (κ3) is 5.02. The van der Waals surface area contributed by atoms with Crippen molar-refractivity contribution in [2.75, 3.05) is 12.9 Å². The molecule has 2 saturated heterocycles. The van der Waals surface area contributed by atoms with E-state index < -0.39 is 48.8 Å². The summed E-state index contributed by atoms with van der Waals surface area (Å²) in [5.74, 6) is -0.891. The van der Waals surface area contributed by atoms with E-state index in [4.69, 9.17) is 22.8 Å². The second-order valence-electron chi connectivity index (χ2n) is 10.4. The lowest BCUT2D eigenvalue weighted by molar-refractivity contribution is -0.215. The monoisotopic (exact) mass is 506 g/mol. The Labute approximate surface area is 203 Å². The molecule has 0 N–H and O–H groups in total. The van der Waals surface area contributed by atoms with Gasteiger partial charge in [-0.15, -0.1) is 0 Å². The molecule has 4 atom stereocenters. The summed E-state index contributed by atoms with van der Waals surface area (Å²) in [4.78, 5) is 0. The molecule has 2 aliphatic heterocycles. The van der Waals surface area contributed by atoms with Crippen molar-refractivity contribution in [3.05, 3.63) is 60.7 Å². The summed E-state index contributed by atoms with van der Waals surface area (Å²) in [7, 11) is -6.60. The summed E-state index contributed by atoms with van der Waals surface area (Å²) in [6, 6.07) is 20.5. The number of benzene rings is 2. The van der Waals surface area contributed by atoms with Gasteiger partial charge in [0, 0.05) is 0 Å². The maximum absolute atomic E-state index is 12.1. The lowest BCUT2D eigenvalue weighted by Crippen LogP contribution is -2.67. The SMILES string of the molecule is CC1(C)O[C@H]2O[C@H](CO[Si](c3ccccc3)(c3ccccc3)C(C)(C)C)[C@H](OS(C)(=O)=O)[C@H]2O1. The van der Waals surface area contributed by atoms with Gasteiger partial charge in [0.25, 0.3) is 18.4 Å². The van der Waals surface area contributed by atoms with Gasteiger partial charge in [-0.2, -0.15) is 8.42 Å². The van der Waals surface area contributed by atoms with E-state index in [-0.39, 0.29) is 11.6 Å². The Hall–Kier alpha value is -1.59. The quantitative estimate of drug-likeness (QED) is 0.422. The molecule has 0 bridgehead atoms. The Morgan fingerprint density at radius 1 is 0.941 bits per heavy atom. The summed E-state index contributed by atoms with van der Waals surface area (Å²) in [5, 5.41) is 2.02. The third-order valence-corrected chi connectivity index (χ3v) is 11.8. The van der Waals surface area contributed by atoms with Crippen LogP contribution in [0.1, 0.15) is 34.6 Å². The van der Waals surface area contributed by atoms with Crippen molar-refractivity contribution in [1.82, 2.24) is 0 Å². The van der Waals surface area contributed by atoms with E-state index in [1.165, 1.54) is 0 Å². The van der Waals surface area contributed by atoms with Crippen LogP contribution in [0.2, 0.25) is 5.04 Å². The van der Waals surface area contributed by atoms with Gasteiger partial charge < -0.3 is 18.6 Å². The summed E-state index contributed by atoms with van der Waals surface area (Å²) in [6.45, 7) is 10.2. The molecule has 2 aromatic rings. The van der Waals surface area contributed by atoms with Crippen molar-refractivity contribution in [2.45, 2.75) is 70.0 Å². The average Bonchev–Trinajstić information content (AvgIpc) is 3.20. The van der Waals surface area contributed by atoms with Gasteiger partial charge >= 0.3 is 0 Å². The predicted molar refractivity (Wildman–Crippen MR) is 132 cm³/mol. The van der Waals surface area contributed by atoms with E-state index in [1.807, 2.05) is 36.4 Å².